The monoisotopic (exact) mass is 349 g/mol. The van der Waals surface area contributed by atoms with Crippen molar-refractivity contribution in [2.45, 2.75) is 57.7 Å². The van der Waals surface area contributed by atoms with Gasteiger partial charge in [-0.25, -0.2) is 14.4 Å². The number of benzene rings is 1. The Morgan fingerprint density at radius 2 is 1.56 bits per heavy atom. The van der Waals surface area contributed by atoms with Gasteiger partial charge in [-0.15, -0.1) is 0 Å². The number of esters is 1. The van der Waals surface area contributed by atoms with Gasteiger partial charge in [0, 0.05) is 23.9 Å². The summed E-state index contributed by atoms with van der Waals surface area (Å²) in [5.41, 5.74) is -1.17. The van der Waals surface area contributed by atoms with Gasteiger partial charge < -0.3 is 20.3 Å². The molecule has 3 N–H and O–H groups in total. The minimum absolute atomic E-state index is 0.147. The first-order valence-electron chi connectivity index (χ1n) is 8.01. The van der Waals surface area contributed by atoms with Crippen LogP contribution in [0, 0.1) is 0 Å². The molecule has 7 heteroatoms. The lowest BCUT2D eigenvalue weighted by Crippen LogP contribution is -2.59. The van der Waals surface area contributed by atoms with E-state index in [1.165, 1.54) is 12.1 Å². The second-order valence-corrected chi connectivity index (χ2v) is 7.70. The number of rotatable bonds is 4. The molecule has 7 nitrogen and oxygen atoms in total. The average molecular weight is 349 g/mol. The number of hydrogen-bond acceptors (Lipinski definition) is 5. The molecule has 1 fully saturated rings. The number of carboxylic acid groups (broad SMARTS) is 2. The fourth-order valence-electron chi connectivity index (χ4n) is 3.56. The summed E-state index contributed by atoms with van der Waals surface area (Å²) >= 11 is 0. The lowest BCUT2D eigenvalue weighted by atomic mass is 9.81. The molecule has 0 aliphatic carbocycles. The van der Waals surface area contributed by atoms with Gasteiger partial charge in [0.25, 0.3) is 0 Å². The zero-order chi connectivity index (χ0) is 19.0. The first-order valence-corrected chi connectivity index (χ1v) is 8.01. The number of ether oxygens (including phenoxy) is 1. The van der Waals surface area contributed by atoms with E-state index >= 15 is 0 Å². The van der Waals surface area contributed by atoms with E-state index in [9.17, 15) is 19.5 Å². The van der Waals surface area contributed by atoms with Gasteiger partial charge in [-0.2, -0.15) is 0 Å². The van der Waals surface area contributed by atoms with Crippen molar-refractivity contribution in [2.24, 2.45) is 0 Å². The highest BCUT2D eigenvalue weighted by Gasteiger charge is 2.39. The van der Waals surface area contributed by atoms with Crippen LogP contribution in [0.25, 0.3) is 0 Å². The molecule has 0 amide bonds. The quantitative estimate of drug-likeness (QED) is 0.716. The molecule has 0 unspecified atom stereocenters. The van der Waals surface area contributed by atoms with Crippen molar-refractivity contribution >= 4 is 17.9 Å². The summed E-state index contributed by atoms with van der Waals surface area (Å²) in [6, 6.07) is 3.35. The molecule has 1 aliphatic rings. The number of nitrogens with one attached hydrogen (secondary N) is 1. The zero-order valence-electron chi connectivity index (χ0n) is 14.8. The summed E-state index contributed by atoms with van der Waals surface area (Å²) in [4.78, 5) is 34.9. The lowest BCUT2D eigenvalue weighted by Gasteiger charge is -2.45. The minimum Gasteiger partial charge on any atom is -0.478 e. The van der Waals surface area contributed by atoms with Crippen molar-refractivity contribution in [3.05, 3.63) is 34.9 Å². The fourth-order valence-corrected chi connectivity index (χ4v) is 3.56. The number of hydrogen-bond donors (Lipinski definition) is 3. The molecule has 1 heterocycles. The average Bonchev–Trinajstić information content (AvgIpc) is 2.42. The maximum atomic E-state index is 12.5. The van der Waals surface area contributed by atoms with Gasteiger partial charge in [-0.1, -0.05) is 0 Å². The molecule has 1 saturated heterocycles. The van der Waals surface area contributed by atoms with Crippen LogP contribution in [0.3, 0.4) is 0 Å². The molecule has 1 aromatic carbocycles. The van der Waals surface area contributed by atoms with Crippen molar-refractivity contribution < 1.29 is 29.3 Å². The highest BCUT2D eigenvalue weighted by atomic mass is 16.5. The van der Waals surface area contributed by atoms with Crippen molar-refractivity contribution in [3.8, 4) is 0 Å². The number of carboxylic acids is 2. The van der Waals surface area contributed by atoms with Crippen LogP contribution in [-0.4, -0.2) is 45.3 Å². The maximum absolute atomic E-state index is 12.5. The molecule has 0 saturated carbocycles. The Morgan fingerprint density at radius 3 is 2.04 bits per heavy atom. The molecular formula is C18H23NO6. The third-order valence-corrected chi connectivity index (χ3v) is 4.14. The van der Waals surface area contributed by atoms with E-state index in [-0.39, 0.29) is 33.9 Å². The van der Waals surface area contributed by atoms with Crippen molar-refractivity contribution in [3.63, 3.8) is 0 Å². The highest BCUT2D eigenvalue weighted by Crippen LogP contribution is 2.31. The summed E-state index contributed by atoms with van der Waals surface area (Å²) in [5.74, 6) is -3.39. The second-order valence-electron chi connectivity index (χ2n) is 7.70. The number of piperidine rings is 1. The van der Waals surface area contributed by atoms with Crippen LogP contribution in [0.15, 0.2) is 18.2 Å². The molecular weight excluding hydrogens is 326 g/mol. The van der Waals surface area contributed by atoms with Gasteiger partial charge in [-0.3, -0.25) is 0 Å². The standard InChI is InChI=1S/C18H23NO6/c1-17(2)8-11(9-18(3,4)19-17)25-16(24)12-6-5-10(14(20)21)7-13(12)15(22)23/h5-7,11,19H,8-9H2,1-4H3,(H,20,21)(H,22,23). The maximum Gasteiger partial charge on any atom is 0.339 e. The Bertz CT molecular complexity index is 706. The van der Waals surface area contributed by atoms with Crippen LogP contribution < -0.4 is 5.32 Å². The molecule has 1 aliphatic heterocycles. The summed E-state index contributed by atoms with van der Waals surface area (Å²) < 4.78 is 5.55. The van der Waals surface area contributed by atoms with E-state index in [0.717, 1.165) is 6.07 Å². The van der Waals surface area contributed by atoms with E-state index in [0.29, 0.717) is 12.8 Å². The van der Waals surface area contributed by atoms with Crippen LogP contribution >= 0.6 is 0 Å². The molecule has 0 bridgehead atoms. The Morgan fingerprint density at radius 1 is 1.00 bits per heavy atom. The summed E-state index contributed by atoms with van der Waals surface area (Å²) in [5, 5.41) is 21.7. The largest absolute Gasteiger partial charge is 0.478 e. The number of carbonyl (C=O) groups is 3. The Kier molecular flexibility index (Phi) is 4.90. The smallest absolute Gasteiger partial charge is 0.339 e. The van der Waals surface area contributed by atoms with Gasteiger partial charge in [0.05, 0.1) is 16.7 Å². The number of carbonyl (C=O) groups excluding carboxylic acids is 1. The second kappa shape index (κ2) is 6.48. The highest BCUT2D eigenvalue weighted by molar-refractivity contribution is 6.04. The van der Waals surface area contributed by atoms with Gasteiger partial charge in [-0.05, 0) is 45.9 Å². The van der Waals surface area contributed by atoms with Crippen LogP contribution in [0.2, 0.25) is 0 Å². The summed E-state index contributed by atoms with van der Waals surface area (Å²) in [7, 11) is 0. The Balaban J connectivity index is 2.26. The van der Waals surface area contributed by atoms with Crippen molar-refractivity contribution in [1.29, 1.82) is 0 Å². The van der Waals surface area contributed by atoms with Crippen LogP contribution in [-0.2, 0) is 4.74 Å². The zero-order valence-corrected chi connectivity index (χ0v) is 14.8. The van der Waals surface area contributed by atoms with Gasteiger partial charge in [0.2, 0.25) is 0 Å². The van der Waals surface area contributed by atoms with E-state index < -0.39 is 17.9 Å². The van der Waals surface area contributed by atoms with Crippen molar-refractivity contribution in [1.82, 2.24) is 5.32 Å². The topological polar surface area (TPSA) is 113 Å². The normalized spacial score (nSPS) is 19.2. The van der Waals surface area contributed by atoms with E-state index in [1.807, 2.05) is 27.7 Å². The molecule has 0 atom stereocenters. The molecule has 1 aromatic rings. The SMILES string of the molecule is CC1(C)CC(OC(=O)c2ccc(C(=O)O)cc2C(=O)O)CC(C)(C)N1. The fraction of sp³-hybridized carbons (Fsp3) is 0.500. The molecule has 2 rings (SSSR count). The van der Waals surface area contributed by atoms with Gasteiger partial charge in [0.1, 0.15) is 6.10 Å². The van der Waals surface area contributed by atoms with E-state index in [1.54, 1.807) is 0 Å². The Labute approximate surface area is 146 Å². The predicted molar refractivity (Wildman–Crippen MR) is 90.1 cm³/mol. The first-order chi connectivity index (χ1) is 11.4. The van der Waals surface area contributed by atoms with Gasteiger partial charge >= 0.3 is 17.9 Å². The number of aromatic carboxylic acids is 2. The third kappa shape index (κ3) is 4.57. The lowest BCUT2D eigenvalue weighted by molar-refractivity contribution is -0.00666. The summed E-state index contributed by atoms with van der Waals surface area (Å²) in [6.45, 7) is 8.05. The molecule has 0 spiro atoms. The van der Waals surface area contributed by atoms with Crippen LogP contribution in [0.4, 0.5) is 0 Å². The molecule has 25 heavy (non-hydrogen) atoms. The summed E-state index contributed by atoms with van der Waals surface area (Å²) in [6.07, 6.45) is 0.829. The van der Waals surface area contributed by atoms with Crippen LogP contribution in [0.1, 0.15) is 71.6 Å². The third-order valence-electron chi connectivity index (χ3n) is 4.14. The van der Waals surface area contributed by atoms with Gasteiger partial charge in [0.15, 0.2) is 0 Å². The Hall–Kier alpha value is -2.41. The first kappa shape index (κ1) is 18.9. The van der Waals surface area contributed by atoms with Crippen molar-refractivity contribution in [2.75, 3.05) is 0 Å². The molecule has 136 valence electrons. The van der Waals surface area contributed by atoms with E-state index in [4.69, 9.17) is 9.84 Å². The molecule has 0 radical (unpaired) electrons. The molecule has 0 aromatic heterocycles. The van der Waals surface area contributed by atoms with E-state index in [2.05, 4.69) is 5.32 Å². The minimum atomic E-state index is -1.37. The van der Waals surface area contributed by atoms with Crippen LogP contribution in [0.5, 0.6) is 0 Å². The predicted octanol–water partition coefficient (Wildman–Crippen LogP) is 2.55.